The van der Waals surface area contributed by atoms with Crippen molar-refractivity contribution in [2.45, 2.75) is 331 Å². The molecule has 0 radical (unpaired) electrons. The van der Waals surface area contributed by atoms with E-state index in [1.807, 2.05) is 13.8 Å². The zero-order valence-electron chi connectivity index (χ0n) is 70.3. The van der Waals surface area contributed by atoms with Crippen LogP contribution in [0, 0.1) is 17.3 Å². The number of thioether (sulfide) groups is 2. The Hall–Kier alpha value is -2.65. The van der Waals surface area contributed by atoms with E-state index in [0.717, 1.165) is 34.9 Å². The van der Waals surface area contributed by atoms with E-state index in [1.165, 1.54) is 20.9 Å². The zero-order valence-corrected chi connectivity index (χ0v) is 73.7. The molecule has 50 heteroatoms. The number of likely N-dealkylation sites (N-methyl/N-ethyl adjacent to an activating group) is 1. The maximum absolute atomic E-state index is 13.9. The molecule has 724 valence electrons. The monoisotopic (exact) mass is 1890 g/mol. The molecule has 25 N–H and O–H groups in total. The van der Waals surface area contributed by atoms with Crippen LogP contribution in [0.3, 0.4) is 0 Å². The Morgan fingerprint density at radius 1 is 0.563 bits per heavy atom. The van der Waals surface area contributed by atoms with Gasteiger partial charge in [0.1, 0.15) is 176 Å². The van der Waals surface area contributed by atoms with Gasteiger partial charge in [-0.3, -0.25) is 18.9 Å². The summed E-state index contributed by atoms with van der Waals surface area (Å²) in [6.07, 6.45) is -69.7. The Kier molecular flexibility index (Phi) is 37.0. The van der Waals surface area contributed by atoms with Gasteiger partial charge in [-0.1, -0.05) is 34.1 Å². The molecule has 23 aliphatic heterocycles. The number of rotatable bonds is 21. The average molecular weight is 1890 g/mol. The first-order valence-corrected chi connectivity index (χ1v) is 47.1. The minimum atomic E-state index is -4.24. The number of ether oxygens (including phenoxy) is 16. The molecule has 14 bridgehead atoms. The number of ketones is 1. The van der Waals surface area contributed by atoms with Gasteiger partial charge in [-0.25, -0.2) is 10.1 Å². The number of Topliss-reactive ketones (excluding diaryl/α,β-unsaturated/α-hetero) is 1. The number of carbonyl (C=O) groups is 3. The lowest BCUT2D eigenvalue weighted by atomic mass is 9.73. The average Bonchev–Trinajstić information content (AvgIpc) is 1.45. The van der Waals surface area contributed by atoms with Gasteiger partial charge in [-0.2, -0.15) is 23.5 Å². The normalized spacial score (nSPS) is 46.4. The molecule has 0 aromatic carbocycles. The molecular weight excluding hydrogens is 1770 g/mol. The zero-order chi connectivity index (χ0) is 92.2. The number of fused-ring (bicyclic) bond motifs is 1. The third-order valence-electron chi connectivity index (χ3n) is 25.0. The molecule has 23 saturated heterocycles. The van der Waals surface area contributed by atoms with Gasteiger partial charge >= 0.3 is 5.97 Å². The smallest absolute Gasteiger partial charge is 0.309 e. The van der Waals surface area contributed by atoms with Gasteiger partial charge in [0.05, 0.1) is 105 Å². The second kappa shape index (κ2) is 44.9. The number of nitrogens with zero attached hydrogens (tertiary/aromatic N) is 1. The second-order valence-corrected chi connectivity index (χ2v) is 39.4. The molecule has 17 unspecified atom stereocenters. The topological polar surface area (TPSA) is 713 Å². The van der Waals surface area contributed by atoms with E-state index in [-0.39, 0.29) is 43.0 Å². The minimum absolute atomic E-state index is 0.0990. The number of aliphatic hydroxyl groups excluding tert-OH is 21. The minimum Gasteiger partial charge on any atom is -0.458 e. The Bertz CT molecular complexity index is 3720. The Morgan fingerprint density at radius 2 is 0.937 bits per heavy atom. The van der Waals surface area contributed by atoms with Crippen LogP contribution in [0.5, 0.6) is 0 Å². The number of nitrogens with one attached hydrogen (secondary N) is 3. The highest BCUT2D eigenvalue weighted by Gasteiger charge is 2.61. The predicted molar refractivity (Wildman–Crippen MR) is 428 cm³/mol. The van der Waals surface area contributed by atoms with Gasteiger partial charge < -0.3 is 199 Å². The van der Waals surface area contributed by atoms with E-state index in [2.05, 4.69) is 20.7 Å². The first kappa shape index (κ1) is 104. The van der Waals surface area contributed by atoms with Crippen molar-refractivity contribution < 1.29 is 207 Å². The third kappa shape index (κ3) is 23.7. The molecule has 44 atom stereocenters. The summed E-state index contributed by atoms with van der Waals surface area (Å²) in [6.45, 7) is 4.29. The fraction of sp³-hybridized carbons (Fsp3) is 0.895. The van der Waals surface area contributed by atoms with Gasteiger partial charge in [0.2, 0.25) is 5.91 Å². The van der Waals surface area contributed by atoms with Crippen LogP contribution in [0.1, 0.15) is 84.3 Å². The van der Waals surface area contributed by atoms with Gasteiger partial charge in [-0.15, -0.1) is 11.3 Å². The summed E-state index contributed by atoms with van der Waals surface area (Å²) in [6, 6.07) is -1.13. The summed E-state index contributed by atoms with van der Waals surface area (Å²) in [5.74, 6) is -3.61. The molecular formula is C76H125N4O42PS3. The van der Waals surface area contributed by atoms with Crippen LogP contribution in [0.15, 0.2) is 11.0 Å². The number of cyclic esters (lactones) is 1. The summed E-state index contributed by atoms with van der Waals surface area (Å²) in [5.41, 5.74) is -0.961. The molecule has 24 heterocycles. The number of aliphatic hydroxyl groups is 21. The largest absolute Gasteiger partial charge is 0.458 e. The van der Waals surface area contributed by atoms with E-state index in [4.69, 9.17) is 75.8 Å². The summed E-state index contributed by atoms with van der Waals surface area (Å²) >= 11 is 3.17. The summed E-state index contributed by atoms with van der Waals surface area (Å²) in [5, 5.41) is 250. The molecule has 24 rings (SSSR count). The SMILES string of the molecule is CN[C@H](CSCC1O[C@H]2O[C@@H]3C(CO)O[C@H](O[C@@H]4C(CO)O[C@H](O[C@@H]5C(CO)O[C@H](O[C@@H]6C(CSC)O[C@H](O[C@@H]7C(CO)O[C@@H](O[C@@H]8C(CO)O[C@@H](O[C@H]1[C@H](O)C2O)C(O)[C@H]8O)C(O)[C@H]7O)C(O)[C@H]6O)C(O)[C@H]5O)C(O)[C@H]4O)C(O)[C@H]3O)C(=O)NCCP(=O)(O)NCc1nc(C=C(C)C2CC3O[C@]3(C)CCC[C@H](C)[C@H](O)[C@@H](C)C(=O)C(C)(C)[C@@H](O)CC(=O)O2)cs1. The van der Waals surface area contributed by atoms with Gasteiger partial charge in [-0.05, 0) is 57.6 Å². The highest BCUT2D eigenvalue weighted by Crippen LogP contribution is 2.47. The van der Waals surface area contributed by atoms with Crippen LogP contribution < -0.4 is 15.7 Å². The lowest BCUT2D eigenvalue weighted by Gasteiger charge is -2.50. The molecule has 0 saturated carbocycles. The van der Waals surface area contributed by atoms with E-state index < -0.39 is 333 Å². The van der Waals surface area contributed by atoms with Crippen LogP contribution in [0.25, 0.3) is 6.08 Å². The van der Waals surface area contributed by atoms with Crippen LogP contribution in [-0.2, 0) is 101 Å². The maximum Gasteiger partial charge on any atom is 0.309 e. The molecule has 1 aromatic heterocycles. The lowest BCUT2D eigenvalue weighted by Crippen LogP contribution is -2.68. The van der Waals surface area contributed by atoms with E-state index in [9.17, 15) is 131 Å². The Morgan fingerprint density at radius 3 is 1.31 bits per heavy atom. The molecule has 0 aliphatic carbocycles. The van der Waals surface area contributed by atoms with Crippen LogP contribution in [-0.4, -0.2) is 462 Å². The molecule has 126 heavy (non-hydrogen) atoms. The van der Waals surface area contributed by atoms with Gasteiger partial charge in [0.25, 0.3) is 7.52 Å². The van der Waals surface area contributed by atoms with Crippen molar-refractivity contribution in [3.8, 4) is 0 Å². The molecule has 23 fully saturated rings. The summed E-state index contributed by atoms with van der Waals surface area (Å²) < 4.78 is 109. The number of epoxide rings is 1. The van der Waals surface area contributed by atoms with Crippen molar-refractivity contribution in [2.75, 3.05) is 76.3 Å². The number of hydrogen-bond donors (Lipinski definition) is 25. The third-order valence-corrected chi connectivity index (χ3v) is 29.2. The number of carbonyl (C=O) groups excluding carboxylic acids is 3. The lowest BCUT2D eigenvalue weighted by molar-refractivity contribution is -0.395. The van der Waals surface area contributed by atoms with Crippen LogP contribution in [0.2, 0.25) is 0 Å². The number of amides is 1. The molecule has 0 spiro atoms. The van der Waals surface area contributed by atoms with E-state index >= 15 is 0 Å². The number of aromatic nitrogens is 1. The first-order chi connectivity index (χ1) is 59.6. The van der Waals surface area contributed by atoms with Crippen molar-refractivity contribution in [3.05, 3.63) is 21.7 Å². The highest BCUT2D eigenvalue weighted by molar-refractivity contribution is 7.99. The van der Waals surface area contributed by atoms with Gasteiger partial charge in [0.15, 0.2) is 44.0 Å². The van der Waals surface area contributed by atoms with Crippen molar-refractivity contribution in [1.29, 1.82) is 0 Å². The fourth-order valence-corrected chi connectivity index (χ4v) is 20.5. The molecule has 46 nitrogen and oxygen atoms in total. The number of hydrogen-bond acceptors (Lipinski definition) is 46. The summed E-state index contributed by atoms with van der Waals surface area (Å²) in [4.78, 5) is 56.8. The quantitative estimate of drug-likeness (QED) is 0.0309. The van der Waals surface area contributed by atoms with Crippen molar-refractivity contribution in [1.82, 2.24) is 20.7 Å². The van der Waals surface area contributed by atoms with Crippen LogP contribution in [0.4, 0.5) is 0 Å². The standard InChI is InChI=1S/C76H125N4O42PS3/c1-27-10-9-11-76(6)41(122-76)15-32(107-43(87)16-40(86)75(4,5)66(103)29(3)44(27)88)28(2)14-30-23-126-42(80-30)17-79-123(105,106)13-12-78-67(104)31(77-7)24-125-26-39-65-51(95)58(102)74(114-39)119-63-37(22-85)110-70(54(98)47(63)91)115-59-33(18-81)108-68(52(96)45(59)89)116-60-34(19-82)111-71(55(99)48(60)92)120-64-38(25-124-8)113-73(57(101)50(64)94)118-62-36(21-84)109-69(53(97)46(62)90)117-61-35(20-83)112-72(121-65)56(100)49(61)93/h14,23,27,29,31-41,44-65,68-74,77,81-86,88-102H,9-13,15-22,24-26H2,1-8H3,(H,78,104)(H2,79,105,106)/t27-,29+,31+,32?,33?,34?,35?,36?,37?,38?,39?,40-,41?,44-,45+,46+,47+,48+,49+,50+,51+,52?,53?,54?,55?,56?,57?,58?,59+,60+,61+,62+,63+,64+,65+,68+,69-,70+,71+,72-,73+,74-,76+/m0/s1. The molecule has 1 amide bonds. The maximum atomic E-state index is 13.9. The number of thiazole rings is 1. The second-order valence-electron chi connectivity index (χ2n) is 34.3. The van der Waals surface area contributed by atoms with Crippen molar-refractivity contribution in [2.24, 2.45) is 17.3 Å². The first-order valence-electron chi connectivity index (χ1n) is 41.8. The molecule has 23 aliphatic rings. The van der Waals surface area contributed by atoms with Gasteiger partial charge in [0, 0.05) is 41.5 Å². The molecule has 1 aromatic rings. The van der Waals surface area contributed by atoms with E-state index in [1.54, 1.807) is 31.6 Å². The Labute approximate surface area is 736 Å². The van der Waals surface area contributed by atoms with Crippen molar-refractivity contribution >= 4 is 66.1 Å². The van der Waals surface area contributed by atoms with Crippen LogP contribution >= 0.6 is 42.4 Å². The highest BCUT2D eigenvalue weighted by atomic mass is 32.2. The summed E-state index contributed by atoms with van der Waals surface area (Å²) in [7, 11) is -2.83. The van der Waals surface area contributed by atoms with E-state index in [0.29, 0.717) is 35.5 Å². The fourth-order valence-electron chi connectivity index (χ4n) is 17.0. The number of esters is 1. The Balaban J connectivity index is 0.773. The predicted octanol–water partition coefficient (Wildman–Crippen LogP) is -9.96. The van der Waals surface area contributed by atoms with Crippen molar-refractivity contribution in [3.63, 3.8) is 0 Å².